The van der Waals surface area contributed by atoms with E-state index in [0.717, 1.165) is 18.7 Å². The Morgan fingerprint density at radius 1 is 1.69 bits per heavy atom. The molecule has 1 aliphatic rings. The molecule has 2 rings (SSSR count). The summed E-state index contributed by atoms with van der Waals surface area (Å²) in [7, 11) is 0. The van der Waals surface area contributed by atoms with Crippen LogP contribution in [0.15, 0.2) is 18.3 Å². The van der Waals surface area contributed by atoms with Crippen LogP contribution in [0.5, 0.6) is 0 Å². The van der Waals surface area contributed by atoms with E-state index >= 15 is 0 Å². The van der Waals surface area contributed by atoms with Crippen LogP contribution < -0.4 is 0 Å². The molecule has 1 N–H and O–H groups in total. The number of carbonyl (C=O) groups excluding carboxylic acids is 1. The van der Waals surface area contributed by atoms with E-state index < -0.39 is 0 Å². The van der Waals surface area contributed by atoms with Gasteiger partial charge in [0.15, 0.2) is 0 Å². The monoisotopic (exact) mass is 220 g/mol. The lowest BCUT2D eigenvalue weighted by molar-refractivity contribution is 0.0780. The quantitative estimate of drug-likeness (QED) is 0.803. The summed E-state index contributed by atoms with van der Waals surface area (Å²) in [5, 5.41) is 9.04. The highest BCUT2D eigenvalue weighted by Crippen LogP contribution is 2.18. The Morgan fingerprint density at radius 3 is 3.12 bits per heavy atom. The first-order valence-corrected chi connectivity index (χ1v) is 5.54. The van der Waals surface area contributed by atoms with Crippen molar-refractivity contribution >= 4 is 5.91 Å². The Hall–Kier alpha value is -1.42. The van der Waals surface area contributed by atoms with Gasteiger partial charge in [0.05, 0.1) is 5.56 Å². The Balaban J connectivity index is 2.12. The first-order chi connectivity index (χ1) is 7.72. The van der Waals surface area contributed by atoms with Crippen LogP contribution in [-0.2, 0) is 0 Å². The van der Waals surface area contributed by atoms with Gasteiger partial charge in [-0.3, -0.25) is 9.78 Å². The molecular formula is C12H16N2O2. The molecule has 4 nitrogen and oxygen atoms in total. The Kier molecular flexibility index (Phi) is 3.19. The Morgan fingerprint density at radius 2 is 2.50 bits per heavy atom. The molecule has 1 fully saturated rings. The number of pyridine rings is 1. The van der Waals surface area contributed by atoms with Crippen molar-refractivity contribution < 1.29 is 9.90 Å². The van der Waals surface area contributed by atoms with Crippen molar-refractivity contribution in [3.63, 3.8) is 0 Å². The molecule has 86 valence electrons. The minimum atomic E-state index is 0.0292. The fourth-order valence-electron chi connectivity index (χ4n) is 2.05. The van der Waals surface area contributed by atoms with E-state index in [4.69, 9.17) is 5.11 Å². The number of rotatable bonds is 2. The number of aliphatic hydroxyl groups is 1. The van der Waals surface area contributed by atoms with Gasteiger partial charge in [0.25, 0.3) is 5.91 Å². The number of nitrogens with zero attached hydrogens (tertiary/aromatic N) is 2. The molecule has 1 aliphatic heterocycles. The first-order valence-electron chi connectivity index (χ1n) is 5.54. The van der Waals surface area contributed by atoms with Crippen molar-refractivity contribution in [1.82, 2.24) is 9.88 Å². The van der Waals surface area contributed by atoms with Crippen LogP contribution in [0.4, 0.5) is 0 Å². The molecule has 0 saturated carbocycles. The molecule has 16 heavy (non-hydrogen) atoms. The summed E-state index contributed by atoms with van der Waals surface area (Å²) in [6, 6.07) is 3.58. The topological polar surface area (TPSA) is 53.4 Å². The SMILES string of the molecule is Cc1ncccc1C(=O)N1CCC(CO)C1. The van der Waals surface area contributed by atoms with Crippen molar-refractivity contribution in [1.29, 1.82) is 0 Å². The average molecular weight is 220 g/mol. The second-order valence-electron chi connectivity index (χ2n) is 4.22. The molecule has 1 aromatic heterocycles. The van der Waals surface area contributed by atoms with Crippen LogP contribution in [0.2, 0.25) is 0 Å². The number of hydrogen-bond acceptors (Lipinski definition) is 3. The second-order valence-corrected chi connectivity index (χ2v) is 4.22. The lowest BCUT2D eigenvalue weighted by Crippen LogP contribution is -2.29. The smallest absolute Gasteiger partial charge is 0.255 e. The first kappa shape index (κ1) is 11.1. The molecule has 1 saturated heterocycles. The molecule has 1 amide bonds. The molecule has 0 spiro atoms. The standard InChI is InChI=1S/C12H16N2O2/c1-9-11(3-2-5-13-9)12(16)14-6-4-10(7-14)8-15/h2-3,5,10,15H,4,6-8H2,1H3. The van der Waals surface area contributed by atoms with E-state index in [0.29, 0.717) is 12.1 Å². The van der Waals surface area contributed by atoms with Gasteiger partial charge in [-0.2, -0.15) is 0 Å². The zero-order valence-corrected chi connectivity index (χ0v) is 9.39. The van der Waals surface area contributed by atoms with Crippen LogP contribution in [0.3, 0.4) is 0 Å². The zero-order valence-electron chi connectivity index (χ0n) is 9.39. The summed E-state index contributed by atoms with van der Waals surface area (Å²) in [4.78, 5) is 18.0. The van der Waals surface area contributed by atoms with Gasteiger partial charge in [-0.1, -0.05) is 0 Å². The average Bonchev–Trinajstić information content (AvgIpc) is 2.77. The number of amides is 1. The van der Waals surface area contributed by atoms with Crippen molar-refractivity contribution in [3.05, 3.63) is 29.6 Å². The molecule has 4 heteroatoms. The molecule has 0 aliphatic carbocycles. The zero-order chi connectivity index (χ0) is 11.5. The molecule has 2 heterocycles. The highest BCUT2D eigenvalue weighted by Gasteiger charge is 2.27. The highest BCUT2D eigenvalue weighted by molar-refractivity contribution is 5.95. The van der Waals surface area contributed by atoms with Gasteiger partial charge in [0, 0.05) is 37.5 Å². The van der Waals surface area contributed by atoms with E-state index in [1.54, 1.807) is 23.2 Å². The largest absolute Gasteiger partial charge is 0.396 e. The minimum absolute atomic E-state index is 0.0292. The minimum Gasteiger partial charge on any atom is -0.396 e. The van der Waals surface area contributed by atoms with Crippen LogP contribution >= 0.6 is 0 Å². The van der Waals surface area contributed by atoms with E-state index in [-0.39, 0.29) is 18.4 Å². The molecule has 1 unspecified atom stereocenters. The molecule has 1 aromatic rings. The number of aromatic nitrogens is 1. The van der Waals surface area contributed by atoms with Gasteiger partial charge in [-0.15, -0.1) is 0 Å². The molecule has 0 radical (unpaired) electrons. The van der Waals surface area contributed by atoms with Gasteiger partial charge in [0.1, 0.15) is 0 Å². The molecule has 0 bridgehead atoms. The van der Waals surface area contributed by atoms with Crippen molar-refractivity contribution in [2.45, 2.75) is 13.3 Å². The Bertz CT molecular complexity index is 392. The van der Waals surface area contributed by atoms with Gasteiger partial charge in [-0.05, 0) is 25.5 Å². The van der Waals surface area contributed by atoms with Crippen molar-refractivity contribution in [2.75, 3.05) is 19.7 Å². The summed E-state index contributed by atoms with van der Waals surface area (Å²) in [6.45, 7) is 3.39. The highest BCUT2D eigenvalue weighted by atomic mass is 16.3. The maximum absolute atomic E-state index is 12.1. The predicted octanol–water partition coefficient (Wildman–Crippen LogP) is 0.844. The third-order valence-electron chi connectivity index (χ3n) is 3.07. The van der Waals surface area contributed by atoms with Gasteiger partial charge in [-0.25, -0.2) is 0 Å². The summed E-state index contributed by atoms with van der Waals surface area (Å²) in [5.41, 5.74) is 1.43. The number of likely N-dealkylation sites (tertiary alicyclic amines) is 1. The van der Waals surface area contributed by atoms with E-state index in [1.807, 2.05) is 6.92 Å². The lowest BCUT2D eigenvalue weighted by Gasteiger charge is -2.16. The van der Waals surface area contributed by atoms with E-state index in [2.05, 4.69) is 4.98 Å². The normalized spacial score (nSPS) is 20.1. The third kappa shape index (κ3) is 2.07. The summed E-state index contributed by atoms with van der Waals surface area (Å²) < 4.78 is 0. The number of carbonyl (C=O) groups is 1. The number of aryl methyl sites for hydroxylation is 1. The van der Waals surface area contributed by atoms with Gasteiger partial charge in [0.2, 0.25) is 0 Å². The van der Waals surface area contributed by atoms with Crippen LogP contribution in [0.1, 0.15) is 22.5 Å². The molecule has 1 atom stereocenters. The van der Waals surface area contributed by atoms with Crippen LogP contribution in [0.25, 0.3) is 0 Å². The fourth-order valence-corrected chi connectivity index (χ4v) is 2.05. The van der Waals surface area contributed by atoms with Crippen LogP contribution in [-0.4, -0.2) is 40.6 Å². The number of aliphatic hydroxyl groups excluding tert-OH is 1. The summed E-state index contributed by atoms with van der Waals surface area (Å²) in [6.07, 6.45) is 2.58. The van der Waals surface area contributed by atoms with Crippen molar-refractivity contribution in [3.8, 4) is 0 Å². The summed E-state index contributed by atoms with van der Waals surface area (Å²) in [5.74, 6) is 0.266. The van der Waals surface area contributed by atoms with E-state index in [1.165, 1.54) is 0 Å². The molecular weight excluding hydrogens is 204 g/mol. The molecule has 0 aromatic carbocycles. The Labute approximate surface area is 94.9 Å². The van der Waals surface area contributed by atoms with Crippen molar-refractivity contribution in [2.24, 2.45) is 5.92 Å². The fraction of sp³-hybridized carbons (Fsp3) is 0.500. The lowest BCUT2D eigenvalue weighted by atomic mass is 10.1. The maximum Gasteiger partial charge on any atom is 0.255 e. The summed E-state index contributed by atoms with van der Waals surface area (Å²) >= 11 is 0. The van der Waals surface area contributed by atoms with Gasteiger partial charge >= 0.3 is 0 Å². The third-order valence-corrected chi connectivity index (χ3v) is 3.07. The number of hydrogen-bond donors (Lipinski definition) is 1. The van der Waals surface area contributed by atoms with Crippen LogP contribution in [0, 0.1) is 12.8 Å². The predicted molar refractivity (Wildman–Crippen MR) is 60.1 cm³/mol. The second kappa shape index (κ2) is 4.61. The van der Waals surface area contributed by atoms with Gasteiger partial charge < -0.3 is 10.0 Å². The van der Waals surface area contributed by atoms with E-state index in [9.17, 15) is 4.79 Å². The maximum atomic E-state index is 12.1.